The Labute approximate surface area is 141 Å². The molecule has 1 amide bonds. The average Bonchev–Trinajstić information content (AvgIpc) is 2.63. The second-order valence-corrected chi connectivity index (χ2v) is 5.71. The molecule has 0 aliphatic rings. The van der Waals surface area contributed by atoms with E-state index in [0.29, 0.717) is 6.54 Å². The molecular weight excluding hydrogens is 314 g/mol. The molecule has 0 aromatic heterocycles. The maximum absolute atomic E-state index is 12.2. The highest BCUT2D eigenvalue weighted by Gasteiger charge is 2.31. The van der Waals surface area contributed by atoms with Gasteiger partial charge in [-0.25, -0.2) is 4.79 Å². The van der Waals surface area contributed by atoms with Crippen molar-refractivity contribution in [2.24, 2.45) is 5.41 Å². The van der Waals surface area contributed by atoms with Crippen LogP contribution in [0.4, 0.5) is 0 Å². The van der Waals surface area contributed by atoms with E-state index in [1.165, 1.54) is 12.1 Å². The Morgan fingerprint density at radius 2 is 1.67 bits per heavy atom. The Bertz CT molecular complexity index is 533. The van der Waals surface area contributed by atoms with Crippen LogP contribution in [0, 0.1) is 5.41 Å². The number of nitrogens with one attached hydrogen (secondary N) is 1. The van der Waals surface area contributed by atoms with Gasteiger partial charge in [0.1, 0.15) is 6.61 Å². The highest BCUT2D eigenvalue weighted by molar-refractivity contribution is 6.05. The van der Waals surface area contributed by atoms with E-state index < -0.39 is 31.2 Å². The zero-order valence-electron chi connectivity index (χ0n) is 13.8. The van der Waals surface area contributed by atoms with Gasteiger partial charge in [-0.05, 0) is 18.6 Å². The fourth-order valence-corrected chi connectivity index (χ4v) is 1.92. The maximum Gasteiger partial charge on any atom is 0.338 e. The van der Waals surface area contributed by atoms with Crippen LogP contribution in [0.25, 0.3) is 0 Å². The first-order chi connectivity index (χ1) is 11.5. The van der Waals surface area contributed by atoms with Gasteiger partial charge >= 0.3 is 5.97 Å². The minimum absolute atomic E-state index is 0.0919. The number of aliphatic hydroxyl groups is 3. The predicted molar refractivity (Wildman–Crippen MR) is 87.7 cm³/mol. The van der Waals surface area contributed by atoms with Crippen molar-refractivity contribution in [3.05, 3.63) is 35.4 Å². The highest BCUT2D eigenvalue weighted by Crippen LogP contribution is 2.17. The summed E-state index contributed by atoms with van der Waals surface area (Å²) in [6, 6.07) is 6.24. The van der Waals surface area contributed by atoms with Crippen molar-refractivity contribution < 1.29 is 29.6 Å². The summed E-state index contributed by atoms with van der Waals surface area (Å²) in [7, 11) is 0. The zero-order chi connectivity index (χ0) is 18.0. The van der Waals surface area contributed by atoms with Crippen LogP contribution in [-0.4, -0.2) is 60.2 Å². The third-order valence-electron chi connectivity index (χ3n) is 3.72. The minimum Gasteiger partial charge on any atom is -0.461 e. The van der Waals surface area contributed by atoms with Gasteiger partial charge in [0.25, 0.3) is 5.91 Å². The van der Waals surface area contributed by atoms with E-state index in [9.17, 15) is 24.9 Å². The molecule has 0 aliphatic heterocycles. The van der Waals surface area contributed by atoms with Gasteiger partial charge in [-0.15, -0.1) is 0 Å². The third kappa shape index (κ3) is 5.30. The number of benzene rings is 1. The summed E-state index contributed by atoms with van der Waals surface area (Å²) < 4.78 is 5.08. The van der Waals surface area contributed by atoms with Gasteiger partial charge in [0, 0.05) is 6.54 Å². The lowest BCUT2D eigenvalue weighted by atomic mass is 9.92. The summed E-state index contributed by atoms with van der Waals surface area (Å²) in [6.45, 7) is 0.557. The van der Waals surface area contributed by atoms with Crippen LogP contribution in [0.15, 0.2) is 24.3 Å². The Kier molecular flexibility index (Phi) is 8.39. The zero-order valence-corrected chi connectivity index (χ0v) is 13.8. The number of aliphatic hydroxyl groups excluding tert-OH is 3. The van der Waals surface area contributed by atoms with Crippen molar-refractivity contribution in [2.45, 2.75) is 19.8 Å². The van der Waals surface area contributed by atoms with Gasteiger partial charge in [-0.3, -0.25) is 4.79 Å². The van der Waals surface area contributed by atoms with Gasteiger partial charge in [0.15, 0.2) is 0 Å². The number of rotatable bonds is 10. The van der Waals surface area contributed by atoms with E-state index in [2.05, 4.69) is 5.32 Å². The van der Waals surface area contributed by atoms with Crippen molar-refractivity contribution in [3.63, 3.8) is 0 Å². The summed E-state index contributed by atoms with van der Waals surface area (Å²) in [5.74, 6) is -1.12. The quantitative estimate of drug-likeness (QED) is 0.361. The van der Waals surface area contributed by atoms with Crippen molar-refractivity contribution in [2.75, 3.05) is 33.0 Å². The molecule has 134 valence electrons. The number of hydrogen-bond acceptors (Lipinski definition) is 6. The lowest BCUT2D eigenvalue weighted by Crippen LogP contribution is -2.39. The van der Waals surface area contributed by atoms with Gasteiger partial charge in [0.05, 0.1) is 36.4 Å². The molecule has 1 aromatic rings. The molecule has 7 nitrogen and oxygen atoms in total. The van der Waals surface area contributed by atoms with Gasteiger partial charge in [-0.2, -0.15) is 0 Å². The largest absolute Gasteiger partial charge is 0.461 e. The van der Waals surface area contributed by atoms with Gasteiger partial charge in [-0.1, -0.05) is 25.5 Å². The number of unbranched alkanes of at least 4 members (excludes halogenated alkanes) is 1. The van der Waals surface area contributed by atoms with Crippen molar-refractivity contribution in [3.8, 4) is 0 Å². The molecule has 7 heteroatoms. The molecule has 0 aliphatic carbocycles. The predicted octanol–water partition coefficient (Wildman–Crippen LogP) is 0.337. The molecule has 4 N–H and O–H groups in total. The lowest BCUT2D eigenvalue weighted by molar-refractivity contribution is -0.0441. The van der Waals surface area contributed by atoms with Gasteiger partial charge in [0.2, 0.25) is 0 Å². The van der Waals surface area contributed by atoms with E-state index in [1.54, 1.807) is 12.1 Å². The molecule has 0 spiro atoms. The molecule has 0 atom stereocenters. The summed E-state index contributed by atoms with van der Waals surface area (Å²) in [6.07, 6.45) is 1.78. The molecule has 24 heavy (non-hydrogen) atoms. The Hall–Kier alpha value is -1.96. The summed E-state index contributed by atoms with van der Waals surface area (Å²) in [5.41, 5.74) is -1.02. The van der Waals surface area contributed by atoms with Crippen LogP contribution in [0.3, 0.4) is 0 Å². The Morgan fingerprint density at radius 1 is 1.08 bits per heavy atom. The number of esters is 1. The number of hydrogen-bond donors (Lipinski definition) is 4. The summed E-state index contributed by atoms with van der Waals surface area (Å²) in [4.78, 5) is 24.4. The summed E-state index contributed by atoms with van der Waals surface area (Å²) in [5, 5.41) is 30.5. The lowest BCUT2D eigenvalue weighted by Gasteiger charge is -2.26. The first-order valence-corrected chi connectivity index (χ1v) is 7.90. The standard InChI is InChI=1S/C17H25NO6/c1-2-3-8-18-15(22)13-6-4-5-7-14(13)16(23)24-12-17(9-19,10-20)11-21/h4-7,19-21H,2-3,8-12H2,1H3,(H,18,22). The smallest absolute Gasteiger partial charge is 0.338 e. The molecular formula is C17H25NO6. The first kappa shape index (κ1) is 20.1. The molecule has 0 unspecified atom stereocenters. The van der Waals surface area contributed by atoms with Crippen LogP contribution in [0.1, 0.15) is 40.5 Å². The highest BCUT2D eigenvalue weighted by atomic mass is 16.5. The molecule has 0 heterocycles. The average molecular weight is 339 g/mol. The second-order valence-electron chi connectivity index (χ2n) is 5.71. The number of ether oxygens (including phenoxy) is 1. The molecule has 0 fully saturated rings. The monoisotopic (exact) mass is 339 g/mol. The van der Waals surface area contributed by atoms with E-state index in [0.717, 1.165) is 12.8 Å². The number of amides is 1. The molecule has 0 bridgehead atoms. The van der Waals surface area contributed by atoms with Crippen molar-refractivity contribution in [1.29, 1.82) is 0 Å². The molecule has 1 rings (SSSR count). The van der Waals surface area contributed by atoms with Crippen molar-refractivity contribution >= 4 is 11.9 Å². The van der Waals surface area contributed by atoms with Crippen LogP contribution >= 0.6 is 0 Å². The van der Waals surface area contributed by atoms with E-state index >= 15 is 0 Å². The molecule has 0 saturated carbocycles. The minimum atomic E-state index is -1.31. The summed E-state index contributed by atoms with van der Waals surface area (Å²) >= 11 is 0. The SMILES string of the molecule is CCCCNC(=O)c1ccccc1C(=O)OCC(CO)(CO)CO. The Balaban J connectivity index is 2.82. The maximum atomic E-state index is 12.2. The van der Waals surface area contributed by atoms with Crippen molar-refractivity contribution in [1.82, 2.24) is 5.32 Å². The van der Waals surface area contributed by atoms with Crippen LogP contribution in [0.2, 0.25) is 0 Å². The molecule has 1 aromatic carbocycles. The topological polar surface area (TPSA) is 116 Å². The van der Waals surface area contributed by atoms with Crippen LogP contribution in [0.5, 0.6) is 0 Å². The fraction of sp³-hybridized carbons (Fsp3) is 0.529. The fourth-order valence-electron chi connectivity index (χ4n) is 1.92. The van der Waals surface area contributed by atoms with E-state index in [-0.39, 0.29) is 23.6 Å². The van der Waals surface area contributed by atoms with Crippen LogP contribution in [-0.2, 0) is 4.74 Å². The van der Waals surface area contributed by atoms with Crippen LogP contribution < -0.4 is 5.32 Å². The normalized spacial score (nSPS) is 11.2. The molecule has 0 radical (unpaired) electrons. The second kappa shape index (κ2) is 10.0. The van der Waals surface area contributed by atoms with E-state index in [1.807, 2.05) is 6.92 Å². The third-order valence-corrected chi connectivity index (χ3v) is 3.72. The van der Waals surface area contributed by atoms with Gasteiger partial charge < -0.3 is 25.4 Å². The molecule has 0 saturated heterocycles. The Morgan fingerprint density at radius 3 is 2.21 bits per heavy atom. The number of carbonyl (C=O) groups is 2. The first-order valence-electron chi connectivity index (χ1n) is 7.90. The number of carbonyl (C=O) groups excluding carboxylic acids is 2. The van der Waals surface area contributed by atoms with E-state index in [4.69, 9.17) is 4.74 Å².